The molecule has 0 fully saturated rings. The van der Waals surface area contributed by atoms with Crippen LogP contribution in [0.25, 0.3) is 0 Å². The number of alkyl halides is 2. The fourth-order valence-corrected chi connectivity index (χ4v) is 3.40. The van der Waals surface area contributed by atoms with Crippen molar-refractivity contribution in [1.82, 2.24) is 0 Å². The third kappa shape index (κ3) is 4.54. The van der Waals surface area contributed by atoms with Gasteiger partial charge in [-0.25, -0.2) is 8.78 Å². The fourth-order valence-electron chi connectivity index (χ4n) is 2.23. The fraction of sp³-hybridized carbons (Fsp3) is 0.333. The van der Waals surface area contributed by atoms with Gasteiger partial charge >= 0.3 is 0 Å². The molecule has 2 rings (SSSR count). The molecule has 1 aliphatic carbocycles. The van der Waals surface area contributed by atoms with Crippen molar-refractivity contribution in [2.45, 2.75) is 32.0 Å². The maximum atomic E-state index is 14.2. The zero-order valence-corrected chi connectivity index (χ0v) is 14.6. The SMILES string of the molecule is C[Si](C)(C)c1ccc(C(F)(F)CCOC(O)=C2C=CC=C2)cc1. The molecule has 5 heteroatoms. The summed E-state index contributed by atoms with van der Waals surface area (Å²) in [5.74, 6) is -3.30. The van der Waals surface area contributed by atoms with Crippen molar-refractivity contribution in [1.29, 1.82) is 0 Å². The van der Waals surface area contributed by atoms with E-state index in [9.17, 15) is 13.9 Å². The van der Waals surface area contributed by atoms with Gasteiger partial charge in [0.05, 0.1) is 26.7 Å². The second kappa shape index (κ2) is 6.70. The molecule has 0 saturated heterocycles. The van der Waals surface area contributed by atoms with Gasteiger partial charge in [0.2, 0.25) is 0 Å². The Morgan fingerprint density at radius 2 is 1.65 bits per heavy atom. The maximum absolute atomic E-state index is 14.2. The molecular weight excluding hydrogens is 314 g/mol. The summed E-state index contributed by atoms with van der Waals surface area (Å²) in [6.07, 6.45) is 6.31. The summed E-state index contributed by atoms with van der Waals surface area (Å²) in [5, 5.41) is 10.8. The van der Waals surface area contributed by atoms with Crippen LogP contribution < -0.4 is 5.19 Å². The first-order chi connectivity index (χ1) is 10.7. The zero-order chi connectivity index (χ0) is 17.1. The topological polar surface area (TPSA) is 29.5 Å². The van der Waals surface area contributed by atoms with Gasteiger partial charge in [-0.15, -0.1) is 0 Å². The van der Waals surface area contributed by atoms with Crippen molar-refractivity contribution >= 4 is 13.3 Å². The molecule has 1 aliphatic rings. The van der Waals surface area contributed by atoms with Gasteiger partial charge in [-0.1, -0.05) is 61.2 Å². The summed E-state index contributed by atoms with van der Waals surface area (Å²) >= 11 is 0. The van der Waals surface area contributed by atoms with E-state index >= 15 is 0 Å². The summed E-state index contributed by atoms with van der Waals surface area (Å²) in [5.41, 5.74) is 0.476. The number of halogens is 2. The van der Waals surface area contributed by atoms with Crippen molar-refractivity contribution in [3.63, 3.8) is 0 Å². The summed E-state index contributed by atoms with van der Waals surface area (Å²) in [6.45, 7) is 6.28. The number of hydrogen-bond acceptors (Lipinski definition) is 2. The van der Waals surface area contributed by atoms with Gasteiger partial charge in [-0.3, -0.25) is 0 Å². The first kappa shape index (κ1) is 17.5. The van der Waals surface area contributed by atoms with Crippen LogP contribution in [0, 0.1) is 0 Å². The Morgan fingerprint density at radius 1 is 1.09 bits per heavy atom. The number of rotatable bonds is 6. The number of hydrogen-bond donors (Lipinski definition) is 1. The monoisotopic (exact) mass is 336 g/mol. The molecule has 0 radical (unpaired) electrons. The molecule has 1 aromatic carbocycles. The highest BCUT2D eigenvalue weighted by Gasteiger charge is 2.32. The van der Waals surface area contributed by atoms with E-state index in [2.05, 4.69) is 19.6 Å². The van der Waals surface area contributed by atoms with E-state index in [1.807, 2.05) is 0 Å². The lowest BCUT2D eigenvalue weighted by Gasteiger charge is -2.20. The Labute approximate surface area is 136 Å². The Hall–Kier alpha value is -1.88. The van der Waals surface area contributed by atoms with Crippen LogP contribution in [0.15, 0.2) is 60.1 Å². The van der Waals surface area contributed by atoms with Crippen LogP contribution in [0.5, 0.6) is 0 Å². The molecule has 0 spiro atoms. The van der Waals surface area contributed by atoms with Gasteiger partial charge in [0.25, 0.3) is 11.9 Å². The lowest BCUT2D eigenvalue weighted by atomic mass is 10.1. The Bertz CT molecular complexity index is 624. The second-order valence-electron chi connectivity index (χ2n) is 6.61. The van der Waals surface area contributed by atoms with E-state index in [1.165, 1.54) is 12.1 Å². The molecule has 1 aromatic rings. The van der Waals surface area contributed by atoms with Gasteiger partial charge in [0.15, 0.2) is 0 Å². The van der Waals surface area contributed by atoms with Crippen molar-refractivity contribution in [2.75, 3.05) is 6.61 Å². The zero-order valence-electron chi connectivity index (χ0n) is 13.6. The summed E-state index contributed by atoms with van der Waals surface area (Å²) in [6, 6.07) is 6.58. The number of benzene rings is 1. The van der Waals surface area contributed by atoms with Crippen LogP contribution >= 0.6 is 0 Å². The Morgan fingerprint density at radius 3 is 2.17 bits per heavy atom. The normalized spacial score (nSPS) is 14.4. The average molecular weight is 336 g/mol. The molecule has 0 atom stereocenters. The third-order valence-electron chi connectivity index (χ3n) is 3.74. The van der Waals surface area contributed by atoms with Gasteiger partial charge < -0.3 is 9.84 Å². The maximum Gasteiger partial charge on any atom is 0.284 e. The Kier molecular flexibility index (Phi) is 5.09. The van der Waals surface area contributed by atoms with Crippen LogP contribution in [0.1, 0.15) is 12.0 Å². The smallest absolute Gasteiger partial charge is 0.284 e. The second-order valence-corrected chi connectivity index (χ2v) is 11.7. The number of allylic oxidation sites excluding steroid dienone is 5. The highest BCUT2D eigenvalue weighted by atomic mass is 28.3. The predicted octanol–water partition coefficient (Wildman–Crippen LogP) is 4.63. The van der Waals surface area contributed by atoms with E-state index < -0.39 is 20.4 Å². The lowest BCUT2D eigenvalue weighted by Crippen LogP contribution is -2.37. The molecule has 0 aliphatic heterocycles. The highest BCUT2D eigenvalue weighted by Crippen LogP contribution is 2.31. The van der Waals surface area contributed by atoms with Crippen LogP contribution in [-0.2, 0) is 10.7 Å². The lowest BCUT2D eigenvalue weighted by molar-refractivity contribution is -0.0402. The van der Waals surface area contributed by atoms with Gasteiger partial charge in [0.1, 0.15) is 0 Å². The summed E-state index contributed by atoms with van der Waals surface area (Å²) in [7, 11) is -1.49. The quantitative estimate of drug-likeness (QED) is 0.606. The van der Waals surface area contributed by atoms with Crippen LogP contribution in [0.2, 0.25) is 19.6 Å². The number of ether oxygens (including phenoxy) is 1. The van der Waals surface area contributed by atoms with Crippen molar-refractivity contribution in [3.05, 3.63) is 65.7 Å². The minimum atomic E-state index is -2.98. The predicted molar refractivity (Wildman–Crippen MR) is 91.8 cm³/mol. The van der Waals surface area contributed by atoms with E-state index in [-0.39, 0.29) is 18.1 Å². The molecule has 2 nitrogen and oxygen atoms in total. The molecule has 23 heavy (non-hydrogen) atoms. The molecule has 0 amide bonds. The first-order valence-corrected chi connectivity index (χ1v) is 11.1. The molecule has 0 unspecified atom stereocenters. The van der Waals surface area contributed by atoms with Gasteiger partial charge in [-0.05, 0) is 12.2 Å². The molecular formula is C18H22F2O2Si. The van der Waals surface area contributed by atoms with Crippen molar-refractivity contribution in [2.24, 2.45) is 0 Å². The van der Waals surface area contributed by atoms with E-state index in [4.69, 9.17) is 4.74 Å². The van der Waals surface area contributed by atoms with Gasteiger partial charge in [0, 0.05) is 5.56 Å². The number of aliphatic hydroxyl groups is 1. The largest absolute Gasteiger partial charge is 0.481 e. The summed E-state index contributed by atoms with van der Waals surface area (Å²) < 4.78 is 33.5. The molecule has 0 heterocycles. The van der Waals surface area contributed by atoms with E-state index in [0.717, 1.165) is 5.19 Å². The average Bonchev–Trinajstić information content (AvgIpc) is 3.00. The molecule has 0 aromatic heterocycles. The summed E-state index contributed by atoms with van der Waals surface area (Å²) in [4.78, 5) is 0. The van der Waals surface area contributed by atoms with Crippen LogP contribution in [0.4, 0.5) is 8.78 Å². The first-order valence-electron chi connectivity index (χ1n) is 7.60. The van der Waals surface area contributed by atoms with Crippen LogP contribution in [0.3, 0.4) is 0 Å². The minimum Gasteiger partial charge on any atom is -0.481 e. The van der Waals surface area contributed by atoms with Crippen molar-refractivity contribution < 1.29 is 18.6 Å². The van der Waals surface area contributed by atoms with E-state index in [1.54, 1.807) is 36.4 Å². The van der Waals surface area contributed by atoms with E-state index in [0.29, 0.717) is 5.57 Å². The molecule has 1 N–H and O–H groups in total. The van der Waals surface area contributed by atoms with Gasteiger partial charge in [-0.2, -0.15) is 0 Å². The molecule has 0 bridgehead atoms. The highest BCUT2D eigenvalue weighted by molar-refractivity contribution is 6.88. The number of aliphatic hydroxyl groups excluding tert-OH is 1. The molecule has 0 saturated carbocycles. The minimum absolute atomic E-state index is 0.0177. The van der Waals surface area contributed by atoms with Crippen LogP contribution in [-0.4, -0.2) is 19.8 Å². The van der Waals surface area contributed by atoms with Crippen molar-refractivity contribution in [3.8, 4) is 0 Å². The third-order valence-corrected chi connectivity index (χ3v) is 5.80. The Balaban J connectivity index is 1.97. The standard InChI is InChI=1S/C18H22F2O2Si/c1-23(2,3)16-10-8-15(9-11-16)18(19,20)12-13-22-17(21)14-6-4-5-7-14/h4-11,21H,12-13H2,1-3H3. The molecule has 124 valence electrons.